The van der Waals surface area contributed by atoms with Crippen molar-refractivity contribution >= 4 is 46.0 Å². The molecule has 0 radical (unpaired) electrons. The lowest BCUT2D eigenvalue weighted by Gasteiger charge is -2.38. The second kappa shape index (κ2) is 9.49. The maximum atomic E-state index is 13.1. The molecular formula is C25H28ClN5O4. The normalized spacial score (nSPS) is 18.6. The number of hydrogen-bond donors (Lipinski definition) is 2. The van der Waals surface area contributed by atoms with Crippen molar-refractivity contribution in [3.63, 3.8) is 0 Å². The van der Waals surface area contributed by atoms with Crippen LogP contribution in [0.2, 0.25) is 5.02 Å². The summed E-state index contributed by atoms with van der Waals surface area (Å²) in [5, 5.41) is 3.47. The van der Waals surface area contributed by atoms with Gasteiger partial charge in [0.2, 0.25) is 0 Å². The standard InChI is InChI=1S/C25H28ClN5O4/c1-16-13-18(4-6-21(16)31-11-12-34-15-22(31)32)27-24(33)35-25(7-9-30(2)10-8-25)23-28-19-5-3-17(26)14-20(19)29-23/h3-6,13-14H,7-12,15H2,1-2H3,(H,27,33)(H,28,29). The zero-order valence-electron chi connectivity index (χ0n) is 19.8. The quantitative estimate of drug-likeness (QED) is 0.564. The topological polar surface area (TPSA) is 99.8 Å². The third-order valence-corrected chi connectivity index (χ3v) is 6.91. The number of aromatic amines is 1. The van der Waals surface area contributed by atoms with Gasteiger partial charge in [-0.25, -0.2) is 9.78 Å². The Morgan fingerprint density at radius 3 is 2.74 bits per heavy atom. The van der Waals surface area contributed by atoms with Crippen LogP contribution in [0.25, 0.3) is 11.0 Å². The molecule has 2 aromatic carbocycles. The molecule has 3 aromatic rings. The summed E-state index contributed by atoms with van der Waals surface area (Å²) in [7, 11) is 2.05. The number of benzene rings is 2. The van der Waals surface area contributed by atoms with Crippen molar-refractivity contribution in [2.75, 3.05) is 50.1 Å². The summed E-state index contributed by atoms with van der Waals surface area (Å²) in [5.41, 5.74) is 2.98. The highest BCUT2D eigenvalue weighted by atomic mass is 35.5. The number of hydrogen-bond acceptors (Lipinski definition) is 6. The highest BCUT2D eigenvalue weighted by Crippen LogP contribution is 2.37. The van der Waals surface area contributed by atoms with E-state index in [0.29, 0.717) is 42.5 Å². The number of likely N-dealkylation sites (tertiary alicyclic amines) is 1. The van der Waals surface area contributed by atoms with Crippen molar-refractivity contribution in [1.82, 2.24) is 14.9 Å². The molecule has 2 aliphatic heterocycles. The maximum absolute atomic E-state index is 13.1. The predicted octanol–water partition coefficient (Wildman–Crippen LogP) is 4.06. The third-order valence-electron chi connectivity index (χ3n) is 6.68. The number of carbonyl (C=O) groups excluding carboxylic acids is 2. The Hall–Kier alpha value is -3.14. The summed E-state index contributed by atoms with van der Waals surface area (Å²) in [5.74, 6) is 0.547. The van der Waals surface area contributed by atoms with Crippen LogP contribution in [0.5, 0.6) is 0 Å². The first-order valence-electron chi connectivity index (χ1n) is 11.7. The minimum absolute atomic E-state index is 0.0733. The molecule has 2 N–H and O–H groups in total. The summed E-state index contributed by atoms with van der Waals surface area (Å²) in [6.45, 7) is 4.54. The molecule has 2 fully saturated rings. The monoisotopic (exact) mass is 497 g/mol. The van der Waals surface area contributed by atoms with Crippen LogP contribution in [0.15, 0.2) is 36.4 Å². The van der Waals surface area contributed by atoms with Crippen molar-refractivity contribution < 1.29 is 19.1 Å². The van der Waals surface area contributed by atoms with Crippen LogP contribution >= 0.6 is 11.6 Å². The molecule has 1 aromatic heterocycles. The van der Waals surface area contributed by atoms with Crippen LogP contribution in [-0.2, 0) is 19.9 Å². The zero-order valence-corrected chi connectivity index (χ0v) is 20.5. The van der Waals surface area contributed by atoms with Gasteiger partial charge in [0.15, 0.2) is 11.4 Å². The molecule has 0 aliphatic carbocycles. The maximum Gasteiger partial charge on any atom is 0.412 e. The summed E-state index contributed by atoms with van der Waals surface area (Å²) < 4.78 is 11.3. The summed E-state index contributed by atoms with van der Waals surface area (Å²) in [6, 6.07) is 10.9. The van der Waals surface area contributed by atoms with Crippen molar-refractivity contribution in [2.24, 2.45) is 0 Å². The number of ether oxygens (including phenoxy) is 2. The van der Waals surface area contributed by atoms with E-state index < -0.39 is 11.7 Å². The first kappa shape index (κ1) is 23.6. The summed E-state index contributed by atoms with van der Waals surface area (Å²) in [4.78, 5) is 37.2. The van der Waals surface area contributed by atoms with Crippen LogP contribution in [0.3, 0.4) is 0 Å². The number of nitrogens with one attached hydrogen (secondary N) is 2. The molecule has 35 heavy (non-hydrogen) atoms. The van der Waals surface area contributed by atoms with E-state index in [1.54, 1.807) is 17.0 Å². The third kappa shape index (κ3) is 4.84. The summed E-state index contributed by atoms with van der Waals surface area (Å²) in [6.07, 6.45) is 0.672. The van der Waals surface area contributed by atoms with Gasteiger partial charge in [0, 0.05) is 48.9 Å². The van der Waals surface area contributed by atoms with Crippen LogP contribution < -0.4 is 10.2 Å². The number of piperidine rings is 1. The van der Waals surface area contributed by atoms with Crippen LogP contribution in [0, 0.1) is 6.92 Å². The van der Waals surface area contributed by atoms with Crippen molar-refractivity contribution in [1.29, 1.82) is 0 Å². The number of fused-ring (bicyclic) bond motifs is 1. The van der Waals surface area contributed by atoms with Crippen molar-refractivity contribution in [2.45, 2.75) is 25.4 Å². The van der Waals surface area contributed by atoms with Gasteiger partial charge in [0.25, 0.3) is 5.91 Å². The Kier molecular flexibility index (Phi) is 6.39. The highest BCUT2D eigenvalue weighted by molar-refractivity contribution is 6.31. The molecule has 2 amide bonds. The van der Waals surface area contributed by atoms with E-state index in [2.05, 4.69) is 15.2 Å². The number of amides is 2. The Morgan fingerprint density at radius 1 is 1.20 bits per heavy atom. The number of imidazole rings is 1. The number of nitrogens with zero attached hydrogens (tertiary/aromatic N) is 3. The Labute approximate surface area is 208 Å². The number of aromatic nitrogens is 2. The van der Waals surface area contributed by atoms with Gasteiger partial charge in [-0.2, -0.15) is 0 Å². The molecule has 184 valence electrons. The SMILES string of the molecule is Cc1cc(NC(=O)OC2(c3nc4ccc(Cl)cc4[nH]3)CCN(C)CC2)ccc1N1CCOCC1=O. The Morgan fingerprint density at radius 2 is 2.00 bits per heavy atom. The molecule has 10 heteroatoms. The first-order chi connectivity index (χ1) is 16.8. The molecule has 0 spiro atoms. The molecule has 0 saturated carbocycles. The largest absolute Gasteiger partial charge is 0.434 e. The van der Waals surface area contributed by atoms with Crippen LogP contribution in [0.4, 0.5) is 16.2 Å². The van der Waals surface area contributed by atoms with Crippen molar-refractivity contribution in [3.8, 4) is 0 Å². The van der Waals surface area contributed by atoms with E-state index in [0.717, 1.165) is 35.4 Å². The van der Waals surface area contributed by atoms with E-state index in [4.69, 9.17) is 26.1 Å². The van der Waals surface area contributed by atoms with Crippen molar-refractivity contribution in [3.05, 3.63) is 52.8 Å². The van der Waals surface area contributed by atoms with Crippen LogP contribution in [-0.4, -0.2) is 66.8 Å². The fraction of sp³-hybridized carbons (Fsp3) is 0.400. The molecule has 0 atom stereocenters. The first-order valence-corrected chi connectivity index (χ1v) is 12.0. The number of carbonyl (C=O) groups is 2. The lowest BCUT2D eigenvalue weighted by molar-refractivity contribution is -0.125. The number of halogens is 1. The van der Waals surface area contributed by atoms with Gasteiger partial charge in [-0.05, 0) is 55.9 Å². The minimum Gasteiger partial charge on any atom is -0.434 e. The molecule has 0 unspecified atom stereocenters. The van der Waals surface area contributed by atoms with E-state index >= 15 is 0 Å². The Bertz CT molecular complexity index is 1270. The van der Waals surface area contributed by atoms with Gasteiger partial charge < -0.3 is 24.3 Å². The average molecular weight is 498 g/mol. The molecule has 2 saturated heterocycles. The fourth-order valence-corrected chi connectivity index (χ4v) is 4.87. The van der Waals surface area contributed by atoms with Gasteiger partial charge in [0.1, 0.15) is 6.61 Å². The lowest BCUT2D eigenvalue weighted by Crippen LogP contribution is -2.45. The van der Waals surface area contributed by atoms with E-state index in [1.807, 2.05) is 38.2 Å². The lowest BCUT2D eigenvalue weighted by atomic mass is 9.90. The molecule has 9 nitrogen and oxygen atoms in total. The molecule has 3 heterocycles. The van der Waals surface area contributed by atoms with Gasteiger partial charge in [-0.15, -0.1) is 0 Å². The number of aryl methyl sites for hydroxylation is 1. The zero-order chi connectivity index (χ0) is 24.6. The second-order valence-electron chi connectivity index (χ2n) is 9.16. The number of morpholine rings is 1. The highest BCUT2D eigenvalue weighted by Gasteiger charge is 2.42. The molecule has 5 rings (SSSR count). The van der Waals surface area contributed by atoms with Gasteiger partial charge in [-0.3, -0.25) is 10.1 Å². The van der Waals surface area contributed by atoms with Gasteiger partial charge in [-0.1, -0.05) is 11.6 Å². The van der Waals surface area contributed by atoms with E-state index in [9.17, 15) is 9.59 Å². The van der Waals surface area contributed by atoms with E-state index in [-0.39, 0.29) is 12.5 Å². The van der Waals surface area contributed by atoms with Gasteiger partial charge >= 0.3 is 6.09 Å². The number of anilines is 2. The summed E-state index contributed by atoms with van der Waals surface area (Å²) >= 11 is 6.15. The molecule has 0 bridgehead atoms. The predicted molar refractivity (Wildman–Crippen MR) is 134 cm³/mol. The smallest absolute Gasteiger partial charge is 0.412 e. The molecular weight excluding hydrogens is 470 g/mol. The minimum atomic E-state index is -0.878. The number of rotatable bonds is 4. The average Bonchev–Trinajstić information content (AvgIpc) is 3.25. The number of H-pyrrole nitrogens is 1. The Balaban J connectivity index is 1.36. The molecule has 2 aliphatic rings. The van der Waals surface area contributed by atoms with Gasteiger partial charge in [0.05, 0.1) is 17.6 Å². The van der Waals surface area contributed by atoms with Crippen LogP contribution in [0.1, 0.15) is 24.2 Å². The van der Waals surface area contributed by atoms with E-state index in [1.165, 1.54) is 0 Å². The second-order valence-corrected chi connectivity index (χ2v) is 9.59. The fourth-order valence-electron chi connectivity index (χ4n) is 4.69.